The predicted octanol–water partition coefficient (Wildman–Crippen LogP) is 3.82. The van der Waals surface area contributed by atoms with E-state index in [9.17, 15) is 0 Å². The van der Waals surface area contributed by atoms with Gasteiger partial charge in [-0.2, -0.15) is 0 Å². The second-order valence-electron chi connectivity index (χ2n) is 4.03. The van der Waals surface area contributed by atoms with Crippen LogP contribution in [0.15, 0.2) is 47.9 Å². The highest BCUT2D eigenvalue weighted by atomic mass is 32.2. The zero-order chi connectivity index (χ0) is 11.9. The summed E-state index contributed by atoms with van der Waals surface area (Å²) in [6.45, 7) is 3.13. The molecule has 0 N–H and O–H groups in total. The van der Waals surface area contributed by atoms with E-state index in [1.807, 2.05) is 24.0 Å². The predicted molar refractivity (Wildman–Crippen MR) is 73.4 cm³/mol. The zero-order valence-electron chi connectivity index (χ0n) is 10.2. The first-order valence-corrected chi connectivity index (χ1v) is 7.06. The first-order valence-electron chi connectivity index (χ1n) is 6.08. The third-order valence-electron chi connectivity index (χ3n) is 2.60. The van der Waals surface area contributed by atoms with Crippen LogP contribution < -0.4 is 0 Å². The summed E-state index contributed by atoms with van der Waals surface area (Å²) in [5, 5.41) is 1.13. The molecule has 0 fully saturated rings. The standard InChI is InChI=1S/C14H18N2S/c1-2-3-11-17-14-15-9-10-16(14)12-13-7-5-4-6-8-13/h4-10H,2-3,11-12H2,1H3. The smallest absolute Gasteiger partial charge is 0.168 e. The van der Waals surface area contributed by atoms with Crippen molar-refractivity contribution in [1.29, 1.82) is 0 Å². The van der Waals surface area contributed by atoms with Gasteiger partial charge in [0.05, 0.1) is 0 Å². The topological polar surface area (TPSA) is 17.8 Å². The van der Waals surface area contributed by atoms with Crippen molar-refractivity contribution in [3.05, 3.63) is 48.3 Å². The van der Waals surface area contributed by atoms with Crippen molar-refractivity contribution in [1.82, 2.24) is 9.55 Å². The van der Waals surface area contributed by atoms with Gasteiger partial charge in [-0.25, -0.2) is 4.98 Å². The van der Waals surface area contributed by atoms with Crippen molar-refractivity contribution in [3.63, 3.8) is 0 Å². The minimum atomic E-state index is 0.912. The average Bonchev–Trinajstić information content (AvgIpc) is 2.79. The Balaban J connectivity index is 1.99. The number of unbranched alkanes of at least 4 members (excludes halogenated alkanes) is 1. The van der Waals surface area contributed by atoms with Gasteiger partial charge in [-0.1, -0.05) is 55.4 Å². The fraction of sp³-hybridized carbons (Fsp3) is 0.357. The maximum Gasteiger partial charge on any atom is 0.168 e. The monoisotopic (exact) mass is 246 g/mol. The lowest BCUT2D eigenvalue weighted by molar-refractivity contribution is 0.707. The van der Waals surface area contributed by atoms with E-state index in [0.29, 0.717) is 0 Å². The molecular weight excluding hydrogens is 228 g/mol. The minimum absolute atomic E-state index is 0.912. The summed E-state index contributed by atoms with van der Waals surface area (Å²) in [4.78, 5) is 4.41. The minimum Gasteiger partial charge on any atom is -0.322 e. The molecule has 1 aromatic heterocycles. The number of rotatable bonds is 6. The molecule has 0 aliphatic heterocycles. The van der Waals surface area contributed by atoms with E-state index in [4.69, 9.17) is 0 Å². The highest BCUT2D eigenvalue weighted by Crippen LogP contribution is 2.18. The number of hydrogen-bond acceptors (Lipinski definition) is 2. The maximum absolute atomic E-state index is 4.41. The SMILES string of the molecule is CCCCSc1nccn1Cc1ccccc1. The molecule has 0 radical (unpaired) electrons. The quantitative estimate of drug-likeness (QED) is 0.569. The van der Waals surface area contributed by atoms with Crippen LogP contribution in [0.25, 0.3) is 0 Å². The van der Waals surface area contributed by atoms with E-state index < -0.39 is 0 Å². The maximum atomic E-state index is 4.41. The molecule has 90 valence electrons. The molecule has 0 amide bonds. The normalized spacial score (nSPS) is 10.6. The van der Waals surface area contributed by atoms with Crippen molar-refractivity contribution >= 4 is 11.8 Å². The molecule has 0 aliphatic carbocycles. The molecule has 3 heteroatoms. The molecule has 0 unspecified atom stereocenters. The van der Waals surface area contributed by atoms with Crippen LogP contribution in [0.1, 0.15) is 25.3 Å². The number of nitrogens with zero attached hydrogens (tertiary/aromatic N) is 2. The summed E-state index contributed by atoms with van der Waals surface area (Å²) in [6.07, 6.45) is 6.44. The number of aromatic nitrogens is 2. The molecule has 2 nitrogen and oxygen atoms in total. The summed E-state index contributed by atoms with van der Waals surface area (Å²) in [7, 11) is 0. The second kappa shape index (κ2) is 6.50. The van der Waals surface area contributed by atoms with Crippen molar-refractivity contribution in [2.45, 2.75) is 31.5 Å². The van der Waals surface area contributed by atoms with Crippen LogP contribution in [-0.4, -0.2) is 15.3 Å². The van der Waals surface area contributed by atoms with E-state index in [-0.39, 0.29) is 0 Å². The van der Waals surface area contributed by atoms with Crippen LogP contribution in [0.5, 0.6) is 0 Å². The Kier molecular flexibility index (Phi) is 4.68. The number of benzene rings is 1. The lowest BCUT2D eigenvalue weighted by Gasteiger charge is -2.07. The van der Waals surface area contributed by atoms with E-state index >= 15 is 0 Å². The summed E-state index contributed by atoms with van der Waals surface area (Å²) in [5.41, 5.74) is 1.32. The van der Waals surface area contributed by atoms with Crippen molar-refractivity contribution in [2.24, 2.45) is 0 Å². The van der Waals surface area contributed by atoms with Gasteiger partial charge in [-0.3, -0.25) is 0 Å². The number of hydrogen-bond donors (Lipinski definition) is 0. The van der Waals surface area contributed by atoms with Gasteiger partial charge in [-0.05, 0) is 12.0 Å². The largest absolute Gasteiger partial charge is 0.322 e. The highest BCUT2D eigenvalue weighted by Gasteiger charge is 2.03. The molecule has 0 saturated carbocycles. The summed E-state index contributed by atoms with van der Waals surface area (Å²) in [6, 6.07) is 10.5. The van der Waals surface area contributed by atoms with E-state index in [0.717, 1.165) is 17.5 Å². The summed E-state index contributed by atoms with van der Waals surface area (Å²) >= 11 is 1.85. The Labute approximate surface area is 107 Å². The summed E-state index contributed by atoms with van der Waals surface area (Å²) < 4.78 is 2.22. The lowest BCUT2D eigenvalue weighted by atomic mass is 10.2. The third-order valence-corrected chi connectivity index (χ3v) is 3.69. The molecule has 0 spiro atoms. The Morgan fingerprint density at radius 1 is 1.24 bits per heavy atom. The molecule has 17 heavy (non-hydrogen) atoms. The van der Waals surface area contributed by atoms with Crippen molar-refractivity contribution in [3.8, 4) is 0 Å². The molecule has 0 atom stereocenters. The van der Waals surface area contributed by atoms with Crippen LogP contribution in [0.4, 0.5) is 0 Å². The van der Waals surface area contributed by atoms with Gasteiger partial charge < -0.3 is 4.57 Å². The first-order chi connectivity index (χ1) is 8.40. The fourth-order valence-electron chi connectivity index (χ4n) is 1.64. The molecule has 2 rings (SSSR count). The molecular formula is C14H18N2S. The lowest BCUT2D eigenvalue weighted by Crippen LogP contribution is -2.00. The van der Waals surface area contributed by atoms with Gasteiger partial charge in [0.15, 0.2) is 5.16 Å². The third kappa shape index (κ3) is 3.63. The van der Waals surface area contributed by atoms with Crippen molar-refractivity contribution < 1.29 is 0 Å². The first kappa shape index (κ1) is 12.2. The Morgan fingerprint density at radius 2 is 2.06 bits per heavy atom. The van der Waals surface area contributed by atoms with E-state index in [2.05, 4.69) is 46.9 Å². The van der Waals surface area contributed by atoms with E-state index in [1.54, 1.807) is 0 Å². The molecule has 0 bridgehead atoms. The zero-order valence-corrected chi connectivity index (χ0v) is 11.0. The van der Waals surface area contributed by atoms with Crippen molar-refractivity contribution in [2.75, 3.05) is 5.75 Å². The number of imidazole rings is 1. The fourth-order valence-corrected chi connectivity index (χ4v) is 2.69. The Morgan fingerprint density at radius 3 is 2.82 bits per heavy atom. The highest BCUT2D eigenvalue weighted by molar-refractivity contribution is 7.99. The van der Waals surface area contributed by atoms with Gasteiger partial charge in [0.25, 0.3) is 0 Å². The Bertz CT molecular complexity index is 436. The van der Waals surface area contributed by atoms with Gasteiger partial charge in [0, 0.05) is 24.7 Å². The molecule has 1 heterocycles. The van der Waals surface area contributed by atoms with Crippen LogP contribution in [0.3, 0.4) is 0 Å². The van der Waals surface area contributed by atoms with Gasteiger partial charge >= 0.3 is 0 Å². The van der Waals surface area contributed by atoms with E-state index in [1.165, 1.54) is 18.4 Å². The summed E-state index contributed by atoms with van der Waals surface area (Å²) in [5.74, 6) is 1.16. The van der Waals surface area contributed by atoms with Gasteiger partial charge in [0.1, 0.15) is 0 Å². The van der Waals surface area contributed by atoms with Crippen LogP contribution in [-0.2, 0) is 6.54 Å². The second-order valence-corrected chi connectivity index (χ2v) is 5.09. The Hall–Kier alpha value is -1.22. The van der Waals surface area contributed by atoms with Crippen LogP contribution in [0, 0.1) is 0 Å². The molecule has 0 saturated heterocycles. The van der Waals surface area contributed by atoms with Gasteiger partial charge in [-0.15, -0.1) is 0 Å². The van der Waals surface area contributed by atoms with Gasteiger partial charge in [0.2, 0.25) is 0 Å². The molecule has 1 aromatic carbocycles. The average molecular weight is 246 g/mol. The number of thioether (sulfide) groups is 1. The van der Waals surface area contributed by atoms with Crippen LogP contribution in [0.2, 0.25) is 0 Å². The molecule has 0 aliphatic rings. The molecule has 2 aromatic rings. The van der Waals surface area contributed by atoms with Crippen LogP contribution >= 0.6 is 11.8 Å².